The lowest BCUT2D eigenvalue weighted by molar-refractivity contribution is -0.143. The fourth-order valence-corrected chi connectivity index (χ4v) is 7.53. The normalized spacial score (nSPS) is 12.5. The highest BCUT2D eigenvalue weighted by molar-refractivity contribution is 4.84. The van der Waals surface area contributed by atoms with E-state index in [1.54, 1.807) is 107 Å². The van der Waals surface area contributed by atoms with Gasteiger partial charge in [-0.25, -0.2) is 5.01 Å². The van der Waals surface area contributed by atoms with Crippen LogP contribution in [0.4, 0.5) is 0 Å². The molecule has 0 aromatic rings. The van der Waals surface area contributed by atoms with Gasteiger partial charge in [-0.05, 0) is 56.4 Å². The monoisotopic (exact) mass is 1230 g/mol. The molecular formula is C59H139N7O18. The van der Waals surface area contributed by atoms with Crippen LogP contribution in [0, 0.1) is 16.2 Å². The van der Waals surface area contributed by atoms with Crippen LogP contribution in [0.15, 0.2) is 0 Å². The van der Waals surface area contributed by atoms with Gasteiger partial charge < -0.3 is 105 Å². The molecule has 0 rings (SSSR count). The molecule has 25 heteroatoms. The molecule has 0 fully saturated rings. The smallest absolute Gasteiger partial charge is 0.104 e. The summed E-state index contributed by atoms with van der Waals surface area (Å²) < 4.78 is 96.6. The van der Waals surface area contributed by atoms with E-state index in [0.29, 0.717) is 106 Å². The average molecular weight is 1230 g/mol. The van der Waals surface area contributed by atoms with Gasteiger partial charge in [-0.15, -0.1) is 0 Å². The first-order valence-electron chi connectivity index (χ1n) is 28.1. The van der Waals surface area contributed by atoms with Crippen molar-refractivity contribution in [1.82, 2.24) is 34.9 Å². The highest BCUT2D eigenvalue weighted by atomic mass is 16.6. The van der Waals surface area contributed by atoms with Crippen molar-refractivity contribution >= 4 is 0 Å². The van der Waals surface area contributed by atoms with Crippen LogP contribution in [0.5, 0.6) is 0 Å². The van der Waals surface area contributed by atoms with Crippen LogP contribution in [-0.4, -0.2) is 396 Å². The Balaban J connectivity index is -0.000000194. The number of methoxy groups -OCH3 is 15. The zero-order valence-corrected chi connectivity index (χ0v) is 57.0. The van der Waals surface area contributed by atoms with E-state index in [-0.39, 0.29) is 27.1 Å². The zero-order valence-electron chi connectivity index (χ0n) is 57.0. The fraction of sp³-hybridized carbons (Fsp3) is 1.00. The molecular weight excluding hydrogens is 1090 g/mol. The van der Waals surface area contributed by atoms with Crippen LogP contribution in [0.1, 0.15) is 14.9 Å². The van der Waals surface area contributed by atoms with Crippen LogP contribution < -0.4 is 5.43 Å². The lowest BCUT2D eigenvalue weighted by Gasteiger charge is -2.37. The molecule has 0 aliphatic heterocycles. The third-order valence-corrected chi connectivity index (χ3v) is 11.9. The van der Waals surface area contributed by atoms with E-state index in [1.165, 1.54) is 0 Å². The highest BCUT2D eigenvalue weighted by Crippen LogP contribution is 2.26. The summed E-state index contributed by atoms with van der Waals surface area (Å²) in [6.07, 6.45) is -0.0647. The molecule has 0 saturated carbocycles. The molecule has 518 valence electrons. The van der Waals surface area contributed by atoms with E-state index in [1.807, 2.05) is 0 Å². The summed E-state index contributed by atoms with van der Waals surface area (Å²) >= 11 is 0. The Kier molecular flexibility index (Phi) is 79.9. The van der Waals surface area contributed by atoms with Crippen molar-refractivity contribution in [2.45, 2.75) is 27.1 Å². The van der Waals surface area contributed by atoms with Gasteiger partial charge in [0.1, 0.15) is 12.2 Å². The van der Waals surface area contributed by atoms with Crippen molar-refractivity contribution in [3.05, 3.63) is 0 Å². The lowest BCUT2D eigenvalue weighted by Crippen LogP contribution is -2.46. The SMILES string of the molecule is C.C.CN(C)CCN(C)C.CN(C)CCNN(C)CCN(C)C.COCC(COC)(COC)COCC(COC)(COC)COCC(COC)(COC)COC.COCC(COCC(COC)OC)OC.COCCN(CCOC)CCOC. The number of ether oxygens (including phenoxy) is 18. The number of nitrogens with one attached hydrogen (secondary N) is 1. The number of hydrazine groups is 1. The minimum absolute atomic E-state index is 0. The summed E-state index contributed by atoms with van der Waals surface area (Å²) in [6.45, 7) is 18.6. The first-order valence-corrected chi connectivity index (χ1v) is 28.1. The van der Waals surface area contributed by atoms with Gasteiger partial charge in [-0.3, -0.25) is 10.3 Å². The van der Waals surface area contributed by atoms with Gasteiger partial charge in [0.25, 0.3) is 0 Å². The summed E-state index contributed by atoms with van der Waals surface area (Å²) in [5.74, 6) is 0. The average Bonchev–Trinajstić information content (AvgIpc) is 3.42. The number of nitrogens with zero attached hydrogens (tertiary/aromatic N) is 6. The number of rotatable bonds is 53. The van der Waals surface area contributed by atoms with E-state index in [0.717, 1.165) is 78.7 Å². The van der Waals surface area contributed by atoms with Crippen molar-refractivity contribution in [3.63, 3.8) is 0 Å². The molecule has 0 amide bonds. The number of hydrogen-bond donors (Lipinski definition) is 1. The van der Waals surface area contributed by atoms with Gasteiger partial charge in [0, 0.05) is 173 Å². The Morgan fingerprint density at radius 1 is 0.286 bits per heavy atom. The summed E-state index contributed by atoms with van der Waals surface area (Å²) in [7, 11) is 43.7. The predicted molar refractivity (Wildman–Crippen MR) is 340 cm³/mol. The summed E-state index contributed by atoms with van der Waals surface area (Å²) in [4.78, 5) is 11.0. The van der Waals surface area contributed by atoms with Crippen molar-refractivity contribution < 1.29 is 85.3 Å². The fourth-order valence-electron chi connectivity index (χ4n) is 7.53. The molecule has 0 saturated heterocycles. The van der Waals surface area contributed by atoms with Gasteiger partial charge in [-0.2, -0.15) is 0 Å². The van der Waals surface area contributed by atoms with Crippen LogP contribution >= 0.6 is 0 Å². The van der Waals surface area contributed by atoms with Gasteiger partial charge in [0.05, 0.1) is 142 Å². The van der Waals surface area contributed by atoms with E-state index in [4.69, 9.17) is 85.3 Å². The largest absolute Gasteiger partial charge is 0.384 e. The molecule has 0 radical (unpaired) electrons. The predicted octanol–water partition coefficient (Wildman–Crippen LogP) is 2.63. The van der Waals surface area contributed by atoms with E-state index >= 15 is 0 Å². The van der Waals surface area contributed by atoms with E-state index in [9.17, 15) is 0 Å². The first kappa shape index (κ1) is 96.6. The molecule has 0 aromatic carbocycles. The van der Waals surface area contributed by atoms with Crippen molar-refractivity contribution in [2.75, 3.05) is 355 Å². The van der Waals surface area contributed by atoms with Crippen molar-refractivity contribution in [1.29, 1.82) is 0 Å². The Morgan fingerprint density at radius 2 is 0.548 bits per heavy atom. The third-order valence-electron chi connectivity index (χ3n) is 11.9. The van der Waals surface area contributed by atoms with Crippen LogP contribution in [-0.2, 0) is 85.3 Å². The molecule has 0 aliphatic rings. The van der Waals surface area contributed by atoms with E-state index in [2.05, 4.69) is 98.4 Å². The molecule has 2 unspecified atom stereocenters. The molecule has 2 atom stereocenters. The standard InChI is InChI=1S/C23H48O10.C10H22O5.C9H24N4.C9H21NO3.C6H16N2.2CH4/c1-24-9-21(10-25-2,11-26-3)17-32-19-23(15-30-7,16-31-8)20-33-18-22(12-27-4,13-28-5)14-29-6;1-11-5-9(13-3)7-15-8-10(14-4)6-12-2;1-11(2)7-6-10-13(5)9-8-12(3)4;1-11-7-4-10(5-8-12-2)6-9-13-3;1-7(2)5-6-8(3)4;;/h9-20H2,1-8H3;9-10H,5-8H2,1-4H3;10H,6-9H2,1-5H3;4-9H2,1-3H3;5-6H2,1-4H3;2*1H4. The topological polar surface area (TPSA) is 198 Å². The molecule has 0 heterocycles. The third kappa shape index (κ3) is 62.6. The van der Waals surface area contributed by atoms with Gasteiger partial charge in [-0.1, -0.05) is 14.9 Å². The summed E-state index contributed by atoms with van der Waals surface area (Å²) in [6, 6.07) is 0. The molecule has 0 aliphatic carbocycles. The zero-order chi connectivity index (χ0) is 63.4. The quantitative estimate of drug-likeness (QED) is 0.0872. The Hall–Kier alpha value is -1.00. The number of likely N-dealkylation sites (N-methyl/N-ethyl adjacent to an activating group) is 5. The van der Waals surface area contributed by atoms with Crippen LogP contribution in [0.2, 0.25) is 0 Å². The first-order chi connectivity index (χ1) is 39.2. The van der Waals surface area contributed by atoms with Crippen LogP contribution in [0.3, 0.4) is 0 Å². The van der Waals surface area contributed by atoms with Gasteiger partial charge >= 0.3 is 0 Å². The van der Waals surface area contributed by atoms with Crippen molar-refractivity contribution in [2.24, 2.45) is 16.2 Å². The minimum atomic E-state index is -0.512. The second-order valence-electron chi connectivity index (χ2n) is 21.5. The lowest BCUT2D eigenvalue weighted by atomic mass is 9.89. The minimum Gasteiger partial charge on any atom is -0.384 e. The molecule has 84 heavy (non-hydrogen) atoms. The molecule has 0 spiro atoms. The maximum absolute atomic E-state index is 6.20. The second-order valence-corrected chi connectivity index (χ2v) is 21.5. The maximum atomic E-state index is 6.20. The molecule has 25 nitrogen and oxygen atoms in total. The maximum Gasteiger partial charge on any atom is 0.104 e. The Bertz CT molecular complexity index is 1120. The highest BCUT2D eigenvalue weighted by Gasteiger charge is 2.38. The second kappa shape index (κ2) is 69.5. The molecule has 0 aromatic heterocycles. The van der Waals surface area contributed by atoms with Crippen molar-refractivity contribution in [3.8, 4) is 0 Å². The molecule has 0 bridgehead atoms. The Labute approximate surface area is 516 Å². The van der Waals surface area contributed by atoms with Gasteiger partial charge in [0.15, 0.2) is 0 Å². The van der Waals surface area contributed by atoms with E-state index < -0.39 is 16.2 Å². The summed E-state index contributed by atoms with van der Waals surface area (Å²) in [5.41, 5.74) is 1.98. The Morgan fingerprint density at radius 3 is 0.774 bits per heavy atom. The van der Waals surface area contributed by atoms with Crippen LogP contribution in [0.25, 0.3) is 0 Å². The summed E-state index contributed by atoms with van der Waals surface area (Å²) in [5, 5.41) is 2.14. The molecule has 1 N–H and O–H groups in total. The number of hydrogen-bond acceptors (Lipinski definition) is 25. The van der Waals surface area contributed by atoms with Gasteiger partial charge in [0.2, 0.25) is 0 Å².